The molecule has 0 N–H and O–H groups in total. The molecule has 0 radical (unpaired) electrons. The molecule has 2 aromatic carbocycles. The van der Waals surface area contributed by atoms with Crippen LogP contribution in [0.5, 0.6) is 11.5 Å². The van der Waals surface area contributed by atoms with Crippen LogP contribution in [0.15, 0.2) is 30.3 Å². The first-order valence-corrected chi connectivity index (χ1v) is 13.1. The first-order chi connectivity index (χ1) is 15.3. The largest absolute Gasteiger partial charge is 0.493 e. The lowest BCUT2D eigenvalue weighted by Gasteiger charge is -2.15. The molecule has 0 heterocycles. The van der Waals surface area contributed by atoms with E-state index in [4.69, 9.17) is 21.1 Å². The molecule has 174 valence electrons. The van der Waals surface area contributed by atoms with Gasteiger partial charge in [0.2, 0.25) is 0 Å². The summed E-state index contributed by atoms with van der Waals surface area (Å²) in [6, 6.07) is 10.2. The van der Waals surface area contributed by atoms with E-state index < -0.39 is 0 Å². The van der Waals surface area contributed by atoms with Crippen LogP contribution < -0.4 is 9.47 Å². The quantitative estimate of drug-likeness (QED) is 0.212. The van der Waals surface area contributed by atoms with Crippen molar-refractivity contribution in [2.45, 2.75) is 104 Å². The predicted molar refractivity (Wildman–Crippen MR) is 136 cm³/mol. The Morgan fingerprint density at radius 3 is 1.68 bits per heavy atom. The summed E-state index contributed by atoms with van der Waals surface area (Å²) in [4.78, 5) is 0. The number of hydrogen-bond acceptors (Lipinski definition) is 2. The minimum Gasteiger partial charge on any atom is -0.493 e. The van der Waals surface area contributed by atoms with E-state index in [2.05, 4.69) is 32.0 Å². The Bertz CT molecular complexity index is 728. The van der Waals surface area contributed by atoms with Gasteiger partial charge in [-0.2, -0.15) is 0 Å². The van der Waals surface area contributed by atoms with E-state index >= 15 is 0 Å². The molecule has 0 aliphatic carbocycles. The molecule has 0 aliphatic rings. The summed E-state index contributed by atoms with van der Waals surface area (Å²) in [5.41, 5.74) is 0. The molecule has 0 fully saturated rings. The van der Waals surface area contributed by atoms with Gasteiger partial charge in [0.05, 0.1) is 18.2 Å². The third-order valence-corrected chi connectivity index (χ3v) is 6.19. The molecule has 0 saturated heterocycles. The molecular formula is C28H43ClO2. The fourth-order valence-corrected chi connectivity index (χ4v) is 4.28. The maximum absolute atomic E-state index is 6.61. The first kappa shape index (κ1) is 25.8. The summed E-state index contributed by atoms with van der Waals surface area (Å²) in [7, 11) is 0. The van der Waals surface area contributed by atoms with Crippen LogP contribution in [0, 0.1) is 0 Å². The van der Waals surface area contributed by atoms with Crippen molar-refractivity contribution in [3.05, 3.63) is 35.4 Å². The van der Waals surface area contributed by atoms with Gasteiger partial charge in [-0.15, -0.1) is 0 Å². The Balaban J connectivity index is 1.82. The number of benzene rings is 2. The van der Waals surface area contributed by atoms with Crippen molar-refractivity contribution in [2.75, 3.05) is 13.2 Å². The van der Waals surface area contributed by atoms with Crippen LogP contribution in [0.1, 0.15) is 104 Å². The van der Waals surface area contributed by atoms with Gasteiger partial charge in [0.15, 0.2) is 0 Å². The van der Waals surface area contributed by atoms with Gasteiger partial charge in [-0.1, -0.05) is 127 Å². The summed E-state index contributed by atoms with van der Waals surface area (Å²) in [5.74, 6) is 1.67. The number of ether oxygens (including phenoxy) is 2. The fourth-order valence-electron chi connectivity index (χ4n) is 4.02. The lowest BCUT2D eigenvalue weighted by molar-refractivity contribution is 0.301. The Kier molecular flexibility index (Phi) is 13.6. The molecule has 3 heteroatoms. The molecule has 0 aromatic heterocycles. The molecule has 0 saturated carbocycles. The predicted octanol–water partition coefficient (Wildman–Crippen LogP) is 9.75. The minimum atomic E-state index is 0.649. The molecular weight excluding hydrogens is 404 g/mol. The second kappa shape index (κ2) is 16.3. The van der Waals surface area contributed by atoms with Crippen LogP contribution in [-0.2, 0) is 0 Å². The van der Waals surface area contributed by atoms with Gasteiger partial charge < -0.3 is 9.47 Å². The number of fused-ring (bicyclic) bond motifs is 1. The lowest BCUT2D eigenvalue weighted by atomic mass is 10.1. The summed E-state index contributed by atoms with van der Waals surface area (Å²) < 4.78 is 12.3. The van der Waals surface area contributed by atoms with Gasteiger partial charge in [0.25, 0.3) is 0 Å². The van der Waals surface area contributed by atoms with Crippen LogP contribution in [0.2, 0.25) is 5.02 Å². The molecule has 2 aromatic rings. The van der Waals surface area contributed by atoms with Crippen molar-refractivity contribution < 1.29 is 9.47 Å². The minimum absolute atomic E-state index is 0.649. The normalized spacial score (nSPS) is 11.2. The smallest absolute Gasteiger partial charge is 0.145 e. The molecule has 0 spiro atoms. The number of halogens is 1. The van der Waals surface area contributed by atoms with Crippen molar-refractivity contribution in [2.24, 2.45) is 0 Å². The van der Waals surface area contributed by atoms with E-state index in [1.165, 1.54) is 77.0 Å². The van der Waals surface area contributed by atoms with Gasteiger partial charge in [0, 0.05) is 16.8 Å². The fraction of sp³-hybridized carbons (Fsp3) is 0.643. The molecule has 2 nitrogen and oxygen atoms in total. The van der Waals surface area contributed by atoms with Crippen LogP contribution in [0.4, 0.5) is 0 Å². The third-order valence-electron chi connectivity index (χ3n) is 5.91. The van der Waals surface area contributed by atoms with E-state index in [1.807, 2.05) is 12.1 Å². The highest BCUT2D eigenvalue weighted by molar-refractivity contribution is 6.33. The summed E-state index contributed by atoms with van der Waals surface area (Å²) in [6.07, 6.45) is 17.9. The van der Waals surface area contributed by atoms with Crippen molar-refractivity contribution in [1.82, 2.24) is 0 Å². The molecule has 31 heavy (non-hydrogen) atoms. The van der Waals surface area contributed by atoms with Crippen LogP contribution >= 0.6 is 11.6 Å². The Morgan fingerprint density at radius 2 is 1.10 bits per heavy atom. The number of rotatable bonds is 18. The van der Waals surface area contributed by atoms with Gasteiger partial charge >= 0.3 is 0 Å². The average molecular weight is 447 g/mol. The molecule has 0 atom stereocenters. The van der Waals surface area contributed by atoms with Gasteiger partial charge in [-0.05, 0) is 12.8 Å². The Morgan fingerprint density at radius 1 is 0.613 bits per heavy atom. The zero-order valence-electron chi connectivity index (χ0n) is 19.9. The zero-order chi connectivity index (χ0) is 22.2. The molecule has 2 rings (SSSR count). The summed E-state index contributed by atoms with van der Waals surface area (Å²) in [5, 5.41) is 2.79. The SMILES string of the molecule is CCCCCCCCCOc1cc(Cl)c(OCCCCCCCCC)c2ccccc12. The van der Waals surface area contributed by atoms with E-state index in [0.717, 1.165) is 48.3 Å². The van der Waals surface area contributed by atoms with Gasteiger partial charge in [0.1, 0.15) is 11.5 Å². The van der Waals surface area contributed by atoms with Crippen molar-refractivity contribution in [3.8, 4) is 11.5 Å². The summed E-state index contributed by atoms with van der Waals surface area (Å²) >= 11 is 6.61. The number of unbranched alkanes of at least 4 members (excludes halogenated alkanes) is 12. The van der Waals surface area contributed by atoms with Crippen LogP contribution in [-0.4, -0.2) is 13.2 Å². The van der Waals surface area contributed by atoms with Crippen molar-refractivity contribution in [1.29, 1.82) is 0 Å². The Hall–Kier alpha value is -1.41. The molecule has 0 aliphatic heterocycles. The highest BCUT2D eigenvalue weighted by Crippen LogP contribution is 2.39. The van der Waals surface area contributed by atoms with E-state index in [1.54, 1.807) is 0 Å². The molecule has 0 amide bonds. The highest BCUT2D eigenvalue weighted by Gasteiger charge is 2.13. The van der Waals surface area contributed by atoms with E-state index in [-0.39, 0.29) is 0 Å². The van der Waals surface area contributed by atoms with E-state index in [0.29, 0.717) is 5.02 Å². The van der Waals surface area contributed by atoms with Gasteiger partial charge in [-0.3, -0.25) is 0 Å². The Labute approximate surface area is 195 Å². The van der Waals surface area contributed by atoms with Crippen LogP contribution in [0.3, 0.4) is 0 Å². The zero-order valence-corrected chi connectivity index (χ0v) is 20.7. The summed E-state index contributed by atoms with van der Waals surface area (Å²) in [6.45, 7) is 5.98. The second-order valence-corrected chi connectivity index (χ2v) is 9.08. The monoisotopic (exact) mass is 446 g/mol. The highest BCUT2D eigenvalue weighted by atomic mass is 35.5. The molecule has 0 bridgehead atoms. The number of hydrogen-bond donors (Lipinski definition) is 0. The van der Waals surface area contributed by atoms with Crippen LogP contribution in [0.25, 0.3) is 10.8 Å². The maximum Gasteiger partial charge on any atom is 0.145 e. The van der Waals surface area contributed by atoms with Gasteiger partial charge in [-0.25, -0.2) is 0 Å². The average Bonchev–Trinajstić information content (AvgIpc) is 2.79. The van der Waals surface area contributed by atoms with E-state index in [9.17, 15) is 0 Å². The third kappa shape index (κ3) is 9.73. The maximum atomic E-state index is 6.61. The topological polar surface area (TPSA) is 18.5 Å². The lowest BCUT2D eigenvalue weighted by Crippen LogP contribution is -2.01. The van der Waals surface area contributed by atoms with Crippen molar-refractivity contribution in [3.63, 3.8) is 0 Å². The first-order valence-electron chi connectivity index (χ1n) is 12.7. The standard InChI is InChI=1S/C28H43ClO2/c1-3-5-7-9-11-13-17-21-30-27-23-26(29)28(25-20-16-15-19-24(25)27)31-22-18-14-12-10-8-6-4-2/h15-16,19-20,23H,3-14,17-18,21-22H2,1-2H3. The second-order valence-electron chi connectivity index (χ2n) is 8.67. The van der Waals surface area contributed by atoms with Crippen molar-refractivity contribution >= 4 is 22.4 Å². The molecule has 0 unspecified atom stereocenters.